The van der Waals surface area contributed by atoms with Gasteiger partial charge in [0.25, 0.3) is 0 Å². The highest BCUT2D eigenvalue weighted by Crippen LogP contribution is 2.24. The molecule has 0 bridgehead atoms. The van der Waals surface area contributed by atoms with Gasteiger partial charge in [-0.25, -0.2) is 4.99 Å². The average Bonchev–Trinajstić information content (AvgIpc) is 2.88. The minimum absolute atomic E-state index is 0.166. The molecule has 0 aliphatic heterocycles. The van der Waals surface area contributed by atoms with Gasteiger partial charge in [-0.2, -0.15) is 0 Å². The molecular weight excluding hydrogens is 252 g/mol. The fraction of sp³-hybridized carbons (Fsp3) is 0.600. The van der Waals surface area contributed by atoms with Gasteiger partial charge in [0.15, 0.2) is 5.96 Å². The third kappa shape index (κ3) is 4.49. The number of aliphatic imine (C=N–C) groups is 1. The van der Waals surface area contributed by atoms with Gasteiger partial charge in [-0.1, -0.05) is 12.5 Å². The molecule has 1 heterocycles. The van der Waals surface area contributed by atoms with Crippen LogP contribution in [0.5, 0.6) is 0 Å². The van der Waals surface area contributed by atoms with Crippen LogP contribution in [0.1, 0.15) is 31.9 Å². The van der Waals surface area contributed by atoms with Crippen molar-refractivity contribution < 1.29 is 5.11 Å². The lowest BCUT2D eigenvalue weighted by molar-refractivity contribution is 0.134. The predicted molar refractivity (Wildman–Crippen MR) is 80.4 cm³/mol. The second-order valence-electron chi connectivity index (χ2n) is 5.16. The quantitative estimate of drug-likeness (QED) is 0.560. The largest absolute Gasteiger partial charge is 0.393 e. The lowest BCUT2D eigenvalue weighted by Crippen LogP contribution is -2.41. The van der Waals surface area contributed by atoms with Crippen molar-refractivity contribution in [2.24, 2.45) is 10.9 Å². The molecule has 2 unspecified atom stereocenters. The van der Waals surface area contributed by atoms with Crippen molar-refractivity contribution in [2.75, 3.05) is 13.1 Å². The van der Waals surface area contributed by atoms with E-state index < -0.39 is 0 Å². The Bertz CT molecular complexity index is 421. The summed E-state index contributed by atoms with van der Waals surface area (Å²) in [5, 5.41) is 16.4. The molecule has 1 fully saturated rings. The molecule has 2 atom stereocenters. The summed E-state index contributed by atoms with van der Waals surface area (Å²) in [7, 11) is 0. The van der Waals surface area contributed by atoms with Gasteiger partial charge < -0.3 is 15.7 Å². The molecule has 0 amide bonds. The smallest absolute Gasteiger partial charge is 0.191 e. The Labute approximate surface area is 120 Å². The number of aromatic nitrogens is 1. The topological polar surface area (TPSA) is 69.5 Å². The predicted octanol–water partition coefficient (Wildman–Crippen LogP) is 1.30. The molecule has 1 aliphatic carbocycles. The van der Waals surface area contributed by atoms with Gasteiger partial charge in [0, 0.05) is 25.2 Å². The number of nitrogens with one attached hydrogen (secondary N) is 2. The van der Waals surface area contributed by atoms with Crippen molar-refractivity contribution in [1.82, 2.24) is 15.6 Å². The van der Waals surface area contributed by atoms with Gasteiger partial charge in [-0.3, -0.25) is 4.98 Å². The van der Waals surface area contributed by atoms with Crippen molar-refractivity contribution >= 4 is 5.96 Å². The molecule has 0 radical (unpaired) electrons. The van der Waals surface area contributed by atoms with E-state index in [1.54, 1.807) is 6.20 Å². The van der Waals surface area contributed by atoms with Crippen molar-refractivity contribution in [3.63, 3.8) is 0 Å². The zero-order valence-electron chi connectivity index (χ0n) is 12.0. The van der Waals surface area contributed by atoms with Crippen LogP contribution in [0.15, 0.2) is 29.4 Å². The summed E-state index contributed by atoms with van der Waals surface area (Å²) in [4.78, 5) is 8.78. The Hall–Kier alpha value is -1.62. The average molecular weight is 276 g/mol. The zero-order chi connectivity index (χ0) is 14.2. The van der Waals surface area contributed by atoms with E-state index in [1.165, 1.54) is 0 Å². The maximum absolute atomic E-state index is 9.83. The van der Waals surface area contributed by atoms with Crippen LogP contribution in [0.25, 0.3) is 0 Å². The summed E-state index contributed by atoms with van der Waals surface area (Å²) in [6.45, 7) is 4.20. The van der Waals surface area contributed by atoms with E-state index in [0.717, 1.165) is 44.0 Å². The number of hydrogen-bond acceptors (Lipinski definition) is 3. The summed E-state index contributed by atoms with van der Waals surface area (Å²) in [5.74, 6) is 1.13. The standard InChI is InChI=1S/C15H24N4O/c1-2-16-15(18-10-12-6-5-8-14(12)20)19-11-13-7-3-4-9-17-13/h3-4,7,9,12,14,20H,2,5-6,8,10-11H2,1H3,(H2,16,18,19). The van der Waals surface area contributed by atoms with Crippen LogP contribution in [0.4, 0.5) is 0 Å². The molecule has 5 nitrogen and oxygen atoms in total. The second kappa shape index (κ2) is 7.85. The van der Waals surface area contributed by atoms with E-state index in [0.29, 0.717) is 12.5 Å². The van der Waals surface area contributed by atoms with Crippen molar-refractivity contribution in [2.45, 2.75) is 38.8 Å². The highest BCUT2D eigenvalue weighted by Gasteiger charge is 2.24. The van der Waals surface area contributed by atoms with Crippen molar-refractivity contribution in [1.29, 1.82) is 0 Å². The molecule has 20 heavy (non-hydrogen) atoms. The highest BCUT2D eigenvalue weighted by molar-refractivity contribution is 5.79. The molecule has 0 aromatic carbocycles. The first-order valence-corrected chi connectivity index (χ1v) is 7.39. The van der Waals surface area contributed by atoms with E-state index in [4.69, 9.17) is 0 Å². The lowest BCUT2D eigenvalue weighted by Gasteiger charge is -2.17. The Balaban J connectivity index is 1.85. The minimum Gasteiger partial charge on any atom is -0.393 e. The monoisotopic (exact) mass is 276 g/mol. The summed E-state index contributed by atoms with van der Waals surface area (Å²) >= 11 is 0. The highest BCUT2D eigenvalue weighted by atomic mass is 16.3. The Morgan fingerprint density at radius 1 is 1.40 bits per heavy atom. The van der Waals surface area contributed by atoms with E-state index in [1.807, 2.05) is 25.1 Å². The molecular formula is C15H24N4O. The molecule has 110 valence electrons. The lowest BCUT2D eigenvalue weighted by atomic mass is 10.1. The Morgan fingerprint density at radius 3 is 2.95 bits per heavy atom. The van der Waals surface area contributed by atoms with Gasteiger partial charge in [0.1, 0.15) is 0 Å². The molecule has 2 rings (SSSR count). The summed E-state index contributed by atoms with van der Waals surface area (Å²) in [5.41, 5.74) is 0.950. The van der Waals surface area contributed by atoms with Crippen molar-refractivity contribution in [3.05, 3.63) is 30.1 Å². The molecule has 1 aliphatic rings. The van der Waals surface area contributed by atoms with Crippen LogP contribution in [-0.2, 0) is 6.54 Å². The van der Waals surface area contributed by atoms with Gasteiger partial charge in [-0.05, 0) is 31.9 Å². The maximum Gasteiger partial charge on any atom is 0.191 e. The van der Waals surface area contributed by atoms with Crippen LogP contribution in [0, 0.1) is 5.92 Å². The fourth-order valence-electron chi connectivity index (χ4n) is 2.48. The SMILES string of the molecule is CCNC(=NCc1ccccn1)NCC1CCCC1O. The first-order valence-electron chi connectivity index (χ1n) is 7.39. The number of pyridine rings is 1. The summed E-state index contributed by atoms with van der Waals surface area (Å²) in [6.07, 6.45) is 4.75. The molecule has 1 aromatic rings. The number of aliphatic hydroxyl groups excluding tert-OH is 1. The molecule has 0 saturated heterocycles. The van der Waals surface area contributed by atoms with Crippen LogP contribution in [0.3, 0.4) is 0 Å². The summed E-state index contributed by atoms with van der Waals surface area (Å²) < 4.78 is 0. The first-order chi connectivity index (χ1) is 9.79. The van der Waals surface area contributed by atoms with E-state index in [-0.39, 0.29) is 6.10 Å². The third-order valence-electron chi connectivity index (χ3n) is 3.62. The summed E-state index contributed by atoms with van der Waals surface area (Å²) in [6, 6.07) is 5.83. The van der Waals surface area contributed by atoms with E-state index in [2.05, 4.69) is 20.6 Å². The van der Waals surface area contributed by atoms with Crippen LogP contribution in [-0.4, -0.2) is 35.2 Å². The van der Waals surface area contributed by atoms with Crippen LogP contribution in [0.2, 0.25) is 0 Å². The van der Waals surface area contributed by atoms with Gasteiger partial charge in [-0.15, -0.1) is 0 Å². The van der Waals surface area contributed by atoms with Gasteiger partial charge >= 0.3 is 0 Å². The normalized spacial score (nSPS) is 22.8. The van der Waals surface area contributed by atoms with E-state index in [9.17, 15) is 5.11 Å². The number of guanidine groups is 1. The molecule has 5 heteroatoms. The Morgan fingerprint density at radius 2 is 2.30 bits per heavy atom. The minimum atomic E-state index is -0.166. The van der Waals surface area contributed by atoms with Crippen LogP contribution < -0.4 is 10.6 Å². The van der Waals surface area contributed by atoms with Gasteiger partial charge in [0.2, 0.25) is 0 Å². The third-order valence-corrected chi connectivity index (χ3v) is 3.62. The van der Waals surface area contributed by atoms with Crippen molar-refractivity contribution in [3.8, 4) is 0 Å². The maximum atomic E-state index is 9.83. The fourth-order valence-corrected chi connectivity index (χ4v) is 2.48. The van der Waals surface area contributed by atoms with Crippen LogP contribution >= 0.6 is 0 Å². The van der Waals surface area contributed by atoms with E-state index >= 15 is 0 Å². The van der Waals surface area contributed by atoms with Gasteiger partial charge in [0.05, 0.1) is 18.3 Å². The Kier molecular flexibility index (Phi) is 5.80. The number of rotatable bonds is 5. The number of nitrogens with zero attached hydrogens (tertiary/aromatic N) is 2. The first kappa shape index (κ1) is 14.8. The number of hydrogen-bond donors (Lipinski definition) is 3. The zero-order valence-corrected chi connectivity index (χ0v) is 12.0. The molecule has 0 spiro atoms. The molecule has 1 aromatic heterocycles. The number of aliphatic hydroxyl groups is 1. The molecule has 1 saturated carbocycles. The molecule has 3 N–H and O–H groups in total. The second-order valence-corrected chi connectivity index (χ2v) is 5.16.